The summed E-state index contributed by atoms with van der Waals surface area (Å²) in [6.45, 7) is 2.60. The SMILES string of the molecule is CCN1C(=O)N(c2cccc(Cl)c2)C(=O)C2CCCCC21. The third kappa shape index (κ3) is 2.42. The second-order valence-corrected chi connectivity index (χ2v) is 6.12. The predicted molar refractivity (Wildman–Crippen MR) is 82.5 cm³/mol. The van der Waals surface area contributed by atoms with Crippen molar-refractivity contribution in [3.63, 3.8) is 0 Å². The fourth-order valence-electron chi connectivity index (χ4n) is 3.53. The largest absolute Gasteiger partial charge is 0.331 e. The van der Waals surface area contributed by atoms with Gasteiger partial charge in [-0.2, -0.15) is 0 Å². The van der Waals surface area contributed by atoms with Gasteiger partial charge in [-0.15, -0.1) is 0 Å². The summed E-state index contributed by atoms with van der Waals surface area (Å²) in [6.07, 6.45) is 3.95. The number of carbonyl (C=O) groups is 2. The van der Waals surface area contributed by atoms with Gasteiger partial charge in [-0.05, 0) is 38.0 Å². The highest BCUT2D eigenvalue weighted by molar-refractivity contribution is 6.31. The molecule has 5 heteroatoms. The Kier molecular flexibility index (Phi) is 3.89. The summed E-state index contributed by atoms with van der Waals surface area (Å²) in [4.78, 5) is 28.6. The number of halogens is 1. The van der Waals surface area contributed by atoms with Crippen molar-refractivity contribution < 1.29 is 9.59 Å². The van der Waals surface area contributed by atoms with E-state index >= 15 is 0 Å². The second-order valence-electron chi connectivity index (χ2n) is 5.68. The summed E-state index contributed by atoms with van der Waals surface area (Å²) in [7, 11) is 0. The molecule has 1 saturated carbocycles. The Balaban J connectivity index is 2.00. The highest BCUT2D eigenvalue weighted by Crippen LogP contribution is 2.36. The number of fused-ring (bicyclic) bond motifs is 1. The first-order chi connectivity index (χ1) is 10.1. The van der Waals surface area contributed by atoms with Crippen LogP contribution >= 0.6 is 11.6 Å². The van der Waals surface area contributed by atoms with Crippen LogP contribution in [0.4, 0.5) is 10.5 Å². The topological polar surface area (TPSA) is 40.6 Å². The van der Waals surface area contributed by atoms with Crippen molar-refractivity contribution in [2.24, 2.45) is 5.92 Å². The second kappa shape index (κ2) is 5.68. The molecule has 21 heavy (non-hydrogen) atoms. The molecule has 1 saturated heterocycles. The zero-order valence-corrected chi connectivity index (χ0v) is 12.8. The van der Waals surface area contributed by atoms with Crippen LogP contribution in [0.25, 0.3) is 0 Å². The predicted octanol–water partition coefficient (Wildman–Crippen LogP) is 3.69. The molecular formula is C16H19ClN2O2. The minimum Gasteiger partial charge on any atom is -0.320 e. The Labute approximate surface area is 129 Å². The standard InChI is InChI=1S/C16H19ClN2O2/c1-2-18-14-9-4-3-8-13(14)15(20)19(16(18)21)12-7-5-6-11(17)10-12/h5-7,10,13-14H,2-4,8-9H2,1H3. The van der Waals surface area contributed by atoms with E-state index in [-0.39, 0.29) is 23.9 Å². The average Bonchev–Trinajstić information content (AvgIpc) is 2.48. The number of hydrogen-bond acceptors (Lipinski definition) is 2. The van der Waals surface area contributed by atoms with Gasteiger partial charge in [0.15, 0.2) is 0 Å². The quantitative estimate of drug-likeness (QED) is 0.836. The van der Waals surface area contributed by atoms with Crippen molar-refractivity contribution >= 4 is 29.2 Å². The number of rotatable bonds is 2. The van der Waals surface area contributed by atoms with E-state index in [2.05, 4.69) is 0 Å². The van der Waals surface area contributed by atoms with Crippen molar-refractivity contribution in [3.8, 4) is 0 Å². The lowest BCUT2D eigenvalue weighted by atomic mass is 9.81. The molecule has 1 aliphatic carbocycles. The third-order valence-electron chi connectivity index (χ3n) is 4.51. The highest BCUT2D eigenvalue weighted by atomic mass is 35.5. The van der Waals surface area contributed by atoms with Crippen LogP contribution < -0.4 is 4.90 Å². The van der Waals surface area contributed by atoms with E-state index in [1.807, 2.05) is 11.8 Å². The van der Waals surface area contributed by atoms with Crippen molar-refractivity contribution in [1.29, 1.82) is 0 Å². The molecular weight excluding hydrogens is 288 g/mol. The number of benzene rings is 1. The average molecular weight is 307 g/mol. The Hall–Kier alpha value is -1.55. The summed E-state index contributed by atoms with van der Waals surface area (Å²) in [5, 5.41) is 0.530. The van der Waals surface area contributed by atoms with E-state index in [1.165, 1.54) is 4.90 Å². The van der Waals surface area contributed by atoms with E-state index in [9.17, 15) is 9.59 Å². The van der Waals surface area contributed by atoms with Crippen LogP contribution in [0.15, 0.2) is 24.3 Å². The van der Waals surface area contributed by atoms with E-state index in [0.29, 0.717) is 17.3 Å². The lowest BCUT2D eigenvalue weighted by molar-refractivity contribution is -0.126. The van der Waals surface area contributed by atoms with Gasteiger partial charge in [0, 0.05) is 17.6 Å². The van der Waals surface area contributed by atoms with Gasteiger partial charge in [-0.25, -0.2) is 9.69 Å². The first-order valence-corrected chi connectivity index (χ1v) is 7.91. The van der Waals surface area contributed by atoms with E-state index in [4.69, 9.17) is 11.6 Å². The van der Waals surface area contributed by atoms with Gasteiger partial charge in [-0.3, -0.25) is 4.79 Å². The summed E-state index contributed by atoms with van der Waals surface area (Å²) in [5.41, 5.74) is 0.569. The smallest absolute Gasteiger partial charge is 0.320 e. The molecule has 1 aliphatic heterocycles. The number of urea groups is 1. The molecule has 1 heterocycles. The lowest BCUT2D eigenvalue weighted by Crippen LogP contribution is -2.62. The molecule has 2 aliphatic rings. The molecule has 0 radical (unpaired) electrons. The van der Waals surface area contributed by atoms with Crippen LogP contribution in [0, 0.1) is 5.92 Å². The third-order valence-corrected chi connectivity index (χ3v) is 4.75. The maximum atomic E-state index is 12.8. The molecule has 1 aromatic rings. The summed E-state index contributed by atoms with van der Waals surface area (Å²) in [6, 6.07) is 6.80. The molecule has 4 nitrogen and oxygen atoms in total. The van der Waals surface area contributed by atoms with Gasteiger partial charge < -0.3 is 4.90 Å². The molecule has 2 unspecified atom stereocenters. The molecule has 0 aromatic heterocycles. The van der Waals surface area contributed by atoms with Crippen molar-refractivity contribution in [2.75, 3.05) is 11.4 Å². The van der Waals surface area contributed by atoms with Crippen LogP contribution in [-0.4, -0.2) is 29.4 Å². The molecule has 1 aromatic carbocycles. The number of carbonyl (C=O) groups excluding carboxylic acids is 2. The Morgan fingerprint density at radius 3 is 2.71 bits per heavy atom. The van der Waals surface area contributed by atoms with Gasteiger partial charge in [0.1, 0.15) is 0 Å². The fraction of sp³-hybridized carbons (Fsp3) is 0.500. The molecule has 0 N–H and O–H groups in total. The highest BCUT2D eigenvalue weighted by Gasteiger charge is 2.46. The van der Waals surface area contributed by atoms with Crippen LogP contribution in [-0.2, 0) is 4.79 Å². The number of nitrogens with zero attached hydrogens (tertiary/aromatic N) is 2. The van der Waals surface area contributed by atoms with Gasteiger partial charge in [-0.1, -0.05) is 30.5 Å². The maximum absolute atomic E-state index is 12.8. The van der Waals surface area contributed by atoms with Crippen LogP contribution in [0.3, 0.4) is 0 Å². The van der Waals surface area contributed by atoms with E-state index in [1.54, 1.807) is 24.3 Å². The number of imide groups is 1. The molecule has 2 atom stereocenters. The first kappa shape index (κ1) is 14.4. The molecule has 3 amide bonds. The number of amides is 3. The molecule has 0 spiro atoms. The normalized spacial score (nSPS) is 26.0. The molecule has 112 valence electrons. The van der Waals surface area contributed by atoms with E-state index in [0.717, 1.165) is 25.7 Å². The number of anilines is 1. The summed E-state index contributed by atoms with van der Waals surface area (Å²) < 4.78 is 0. The van der Waals surface area contributed by atoms with Crippen molar-refractivity contribution in [2.45, 2.75) is 38.6 Å². The van der Waals surface area contributed by atoms with Crippen LogP contribution in [0.2, 0.25) is 5.02 Å². The minimum absolute atomic E-state index is 0.0687. The first-order valence-electron chi connectivity index (χ1n) is 7.53. The molecule has 3 rings (SSSR count). The number of hydrogen-bond donors (Lipinski definition) is 0. The van der Waals surface area contributed by atoms with Crippen LogP contribution in [0.5, 0.6) is 0 Å². The monoisotopic (exact) mass is 306 g/mol. The van der Waals surface area contributed by atoms with Crippen molar-refractivity contribution in [1.82, 2.24) is 4.90 Å². The Bertz CT molecular complexity index is 557. The Morgan fingerprint density at radius 2 is 2.00 bits per heavy atom. The van der Waals surface area contributed by atoms with Gasteiger partial charge in [0.2, 0.25) is 5.91 Å². The zero-order valence-electron chi connectivity index (χ0n) is 12.1. The van der Waals surface area contributed by atoms with Gasteiger partial charge >= 0.3 is 6.03 Å². The van der Waals surface area contributed by atoms with Crippen molar-refractivity contribution in [3.05, 3.63) is 29.3 Å². The van der Waals surface area contributed by atoms with E-state index < -0.39 is 0 Å². The Morgan fingerprint density at radius 1 is 1.24 bits per heavy atom. The fourth-order valence-corrected chi connectivity index (χ4v) is 3.71. The summed E-state index contributed by atoms with van der Waals surface area (Å²) >= 11 is 6.00. The molecule has 0 bridgehead atoms. The molecule has 2 fully saturated rings. The zero-order chi connectivity index (χ0) is 15.0. The van der Waals surface area contributed by atoms with Gasteiger partial charge in [0.25, 0.3) is 0 Å². The summed E-state index contributed by atoms with van der Waals surface area (Å²) in [5.74, 6) is -0.146. The minimum atomic E-state index is -0.215. The maximum Gasteiger partial charge on any atom is 0.331 e. The van der Waals surface area contributed by atoms with Crippen LogP contribution in [0.1, 0.15) is 32.6 Å². The lowest BCUT2D eigenvalue weighted by Gasteiger charge is -2.46. The van der Waals surface area contributed by atoms with Gasteiger partial charge in [0.05, 0.1) is 11.6 Å².